The van der Waals surface area contributed by atoms with Gasteiger partial charge in [-0.05, 0) is 35.9 Å². The zero-order chi connectivity index (χ0) is 15.5. The highest BCUT2D eigenvalue weighted by Crippen LogP contribution is 2.32. The number of terminal acetylenes is 1. The molecule has 2 aromatic carbocycles. The van der Waals surface area contributed by atoms with Gasteiger partial charge < -0.3 is 5.32 Å². The lowest BCUT2D eigenvalue weighted by Crippen LogP contribution is -2.12. The van der Waals surface area contributed by atoms with E-state index in [9.17, 15) is 17.6 Å². The lowest BCUT2D eigenvalue weighted by molar-refractivity contribution is -0.138. The van der Waals surface area contributed by atoms with Crippen molar-refractivity contribution in [3.8, 4) is 12.3 Å². The first-order valence-corrected chi connectivity index (χ1v) is 6.06. The van der Waals surface area contributed by atoms with E-state index in [1.807, 2.05) is 0 Å². The van der Waals surface area contributed by atoms with E-state index in [1.165, 1.54) is 0 Å². The summed E-state index contributed by atoms with van der Waals surface area (Å²) in [5.74, 6) is 1.52. The summed E-state index contributed by atoms with van der Waals surface area (Å²) in [6.07, 6.45) is 0.658. The predicted molar refractivity (Wildman–Crippen MR) is 73.1 cm³/mol. The van der Waals surface area contributed by atoms with Crippen LogP contribution in [0.25, 0.3) is 0 Å². The zero-order valence-electron chi connectivity index (χ0n) is 10.8. The second-order valence-electron chi connectivity index (χ2n) is 4.38. The van der Waals surface area contributed by atoms with E-state index in [0.29, 0.717) is 17.3 Å². The second kappa shape index (κ2) is 5.88. The van der Waals surface area contributed by atoms with E-state index in [2.05, 4.69) is 11.2 Å². The molecule has 0 aromatic heterocycles. The number of anilines is 1. The van der Waals surface area contributed by atoms with Gasteiger partial charge >= 0.3 is 6.18 Å². The number of benzene rings is 2. The van der Waals surface area contributed by atoms with Gasteiger partial charge in [-0.1, -0.05) is 18.1 Å². The Morgan fingerprint density at radius 1 is 1.10 bits per heavy atom. The number of rotatable bonds is 3. The molecule has 0 fully saturated rings. The Morgan fingerprint density at radius 3 is 2.52 bits per heavy atom. The quantitative estimate of drug-likeness (QED) is 0.651. The highest BCUT2D eigenvalue weighted by Gasteiger charge is 2.33. The highest BCUT2D eigenvalue weighted by molar-refractivity contribution is 5.50. The first-order chi connectivity index (χ1) is 9.90. The van der Waals surface area contributed by atoms with Gasteiger partial charge in [0.2, 0.25) is 0 Å². The van der Waals surface area contributed by atoms with Crippen molar-refractivity contribution in [1.29, 1.82) is 0 Å². The van der Waals surface area contributed by atoms with Gasteiger partial charge in [0.05, 0.1) is 5.56 Å². The third kappa shape index (κ3) is 3.76. The van der Waals surface area contributed by atoms with Crippen LogP contribution in [0.2, 0.25) is 0 Å². The fraction of sp³-hybridized carbons (Fsp3) is 0.125. The maximum atomic E-state index is 13.0. The van der Waals surface area contributed by atoms with Crippen LogP contribution in [0.3, 0.4) is 0 Å². The van der Waals surface area contributed by atoms with E-state index in [4.69, 9.17) is 6.42 Å². The van der Waals surface area contributed by atoms with E-state index < -0.39 is 17.6 Å². The van der Waals surface area contributed by atoms with Crippen LogP contribution in [0, 0.1) is 18.2 Å². The normalized spacial score (nSPS) is 11.0. The number of hydrogen-bond acceptors (Lipinski definition) is 1. The summed E-state index contributed by atoms with van der Waals surface area (Å²) in [4.78, 5) is 0. The molecule has 0 radical (unpaired) electrons. The van der Waals surface area contributed by atoms with Crippen LogP contribution in [0.5, 0.6) is 0 Å². The Labute approximate surface area is 119 Å². The minimum absolute atomic E-state index is 0.0324. The molecule has 2 aromatic rings. The van der Waals surface area contributed by atoms with E-state index in [-0.39, 0.29) is 12.1 Å². The lowest BCUT2D eigenvalue weighted by atomic mass is 10.1. The maximum absolute atomic E-state index is 13.0. The molecule has 0 amide bonds. The van der Waals surface area contributed by atoms with Gasteiger partial charge in [-0.15, -0.1) is 6.42 Å². The van der Waals surface area contributed by atoms with E-state index in [0.717, 1.165) is 12.1 Å². The fourth-order valence-corrected chi connectivity index (χ4v) is 1.88. The first kappa shape index (κ1) is 14.9. The van der Waals surface area contributed by atoms with E-state index in [1.54, 1.807) is 24.3 Å². The highest BCUT2D eigenvalue weighted by atomic mass is 19.4. The summed E-state index contributed by atoms with van der Waals surface area (Å²) in [6, 6.07) is 9.38. The molecule has 0 bridgehead atoms. The van der Waals surface area contributed by atoms with Crippen LogP contribution in [0.1, 0.15) is 16.7 Å². The summed E-state index contributed by atoms with van der Waals surface area (Å²) in [7, 11) is 0. The van der Waals surface area contributed by atoms with Gasteiger partial charge in [0.15, 0.2) is 0 Å². The molecule has 0 heterocycles. The summed E-state index contributed by atoms with van der Waals surface area (Å²) in [6.45, 7) is -0.0802. The second-order valence-corrected chi connectivity index (χ2v) is 4.38. The van der Waals surface area contributed by atoms with Crippen molar-refractivity contribution < 1.29 is 17.6 Å². The van der Waals surface area contributed by atoms with Crippen molar-refractivity contribution in [3.05, 3.63) is 65.0 Å². The molecule has 1 N–H and O–H groups in total. The molecular weight excluding hydrogens is 282 g/mol. The van der Waals surface area contributed by atoms with E-state index >= 15 is 0 Å². The van der Waals surface area contributed by atoms with Gasteiger partial charge in [0.1, 0.15) is 5.82 Å². The molecule has 0 aliphatic carbocycles. The van der Waals surface area contributed by atoms with Crippen molar-refractivity contribution >= 4 is 5.69 Å². The van der Waals surface area contributed by atoms with Crippen LogP contribution in [-0.2, 0) is 12.7 Å². The average molecular weight is 293 g/mol. The summed E-state index contributed by atoms with van der Waals surface area (Å²) >= 11 is 0. The Hall–Kier alpha value is -2.48. The standard InChI is InChI=1S/C16H11F4N/c1-2-11-4-3-5-14(8-11)21-10-12-6-7-13(17)9-15(12)16(18,19)20/h1,3-9,21H,10H2. The minimum Gasteiger partial charge on any atom is -0.381 e. The molecule has 0 aliphatic heterocycles. The van der Waals surface area contributed by atoms with Crippen molar-refractivity contribution in [1.82, 2.24) is 0 Å². The Kier molecular flexibility index (Phi) is 4.18. The van der Waals surface area contributed by atoms with Crippen molar-refractivity contribution in [2.45, 2.75) is 12.7 Å². The Morgan fingerprint density at radius 2 is 1.86 bits per heavy atom. The van der Waals surface area contributed by atoms with Crippen LogP contribution < -0.4 is 5.32 Å². The molecule has 0 spiro atoms. The van der Waals surface area contributed by atoms with Crippen molar-refractivity contribution in [3.63, 3.8) is 0 Å². The number of alkyl halides is 3. The molecule has 1 nitrogen and oxygen atoms in total. The third-order valence-electron chi connectivity index (χ3n) is 2.89. The molecule has 0 saturated heterocycles. The Balaban J connectivity index is 2.22. The smallest absolute Gasteiger partial charge is 0.381 e. The first-order valence-electron chi connectivity index (χ1n) is 6.06. The molecule has 0 saturated carbocycles. The molecule has 5 heteroatoms. The molecule has 0 atom stereocenters. The van der Waals surface area contributed by atoms with Crippen molar-refractivity contribution in [2.75, 3.05) is 5.32 Å². The van der Waals surface area contributed by atoms with Gasteiger partial charge in [0, 0.05) is 17.8 Å². The summed E-state index contributed by atoms with van der Waals surface area (Å²) in [5.41, 5.74) is 0.205. The summed E-state index contributed by atoms with van der Waals surface area (Å²) in [5, 5.41) is 2.85. The van der Waals surface area contributed by atoms with Crippen LogP contribution in [0.15, 0.2) is 42.5 Å². The summed E-state index contributed by atoms with van der Waals surface area (Å²) < 4.78 is 51.6. The van der Waals surface area contributed by atoms with Gasteiger partial charge in [0.25, 0.3) is 0 Å². The fourth-order valence-electron chi connectivity index (χ4n) is 1.88. The largest absolute Gasteiger partial charge is 0.416 e. The van der Waals surface area contributed by atoms with Crippen LogP contribution in [-0.4, -0.2) is 0 Å². The molecule has 0 aliphatic rings. The molecule has 108 valence electrons. The molecular formula is C16H11F4N. The average Bonchev–Trinajstić information content (AvgIpc) is 2.45. The molecule has 0 unspecified atom stereocenters. The minimum atomic E-state index is -4.60. The van der Waals surface area contributed by atoms with Gasteiger partial charge in [-0.3, -0.25) is 0 Å². The number of halogens is 4. The van der Waals surface area contributed by atoms with Crippen LogP contribution in [0.4, 0.5) is 23.2 Å². The van der Waals surface area contributed by atoms with Crippen LogP contribution >= 0.6 is 0 Å². The zero-order valence-corrected chi connectivity index (χ0v) is 10.8. The maximum Gasteiger partial charge on any atom is 0.416 e. The molecule has 2 rings (SSSR count). The SMILES string of the molecule is C#Cc1cccc(NCc2ccc(F)cc2C(F)(F)F)c1. The monoisotopic (exact) mass is 293 g/mol. The number of nitrogens with one attached hydrogen (secondary N) is 1. The van der Waals surface area contributed by atoms with Gasteiger partial charge in [-0.2, -0.15) is 13.2 Å². The topological polar surface area (TPSA) is 12.0 Å². The third-order valence-corrected chi connectivity index (χ3v) is 2.89. The Bertz CT molecular complexity index is 683. The van der Waals surface area contributed by atoms with Gasteiger partial charge in [-0.25, -0.2) is 4.39 Å². The van der Waals surface area contributed by atoms with Crippen molar-refractivity contribution in [2.24, 2.45) is 0 Å². The number of hydrogen-bond donors (Lipinski definition) is 1. The predicted octanol–water partition coefficient (Wildman–Crippen LogP) is 4.44. The molecule has 21 heavy (non-hydrogen) atoms. The lowest BCUT2D eigenvalue weighted by Gasteiger charge is -2.14.